The summed E-state index contributed by atoms with van der Waals surface area (Å²) in [5, 5.41) is 7.81. The zero-order chi connectivity index (χ0) is 10.5. The molecular formula is C12H21N3. The van der Waals surface area contributed by atoms with Gasteiger partial charge in [0.15, 0.2) is 0 Å². The SMILES string of the molecule is CC(CCn1cccn1)NCC1CCC1. The van der Waals surface area contributed by atoms with E-state index in [4.69, 9.17) is 0 Å². The molecular weight excluding hydrogens is 186 g/mol. The minimum absolute atomic E-state index is 0.606. The average Bonchev–Trinajstić information content (AvgIpc) is 2.64. The van der Waals surface area contributed by atoms with E-state index in [1.807, 2.05) is 23.1 Å². The zero-order valence-corrected chi connectivity index (χ0v) is 9.52. The molecule has 1 aliphatic carbocycles. The minimum Gasteiger partial charge on any atom is -0.314 e. The van der Waals surface area contributed by atoms with Crippen LogP contribution in [0.15, 0.2) is 18.5 Å². The summed E-state index contributed by atoms with van der Waals surface area (Å²) in [6.45, 7) is 4.49. The van der Waals surface area contributed by atoms with Crippen molar-refractivity contribution in [2.75, 3.05) is 6.54 Å². The van der Waals surface area contributed by atoms with Crippen molar-refractivity contribution >= 4 is 0 Å². The first-order valence-electron chi connectivity index (χ1n) is 6.05. The highest BCUT2D eigenvalue weighted by Gasteiger charge is 2.17. The van der Waals surface area contributed by atoms with Crippen molar-refractivity contribution in [3.8, 4) is 0 Å². The maximum Gasteiger partial charge on any atom is 0.0489 e. The van der Waals surface area contributed by atoms with Gasteiger partial charge in [-0.05, 0) is 44.7 Å². The lowest BCUT2D eigenvalue weighted by atomic mass is 9.85. The van der Waals surface area contributed by atoms with Crippen molar-refractivity contribution in [1.82, 2.24) is 15.1 Å². The number of nitrogens with zero attached hydrogens (tertiary/aromatic N) is 2. The third-order valence-electron chi connectivity index (χ3n) is 3.33. The molecule has 1 N–H and O–H groups in total. The van der Waals surface area contributed by atoms with E-state index in [0.717, 1.165) is 18.9 Å². The van der Waals surface area contributed by atoms with Gasteiger partial charge >= 0.3 is 0 Å². The van der Waals surface area contributed by atoms with Gasteiger partial charge in [0.2, 0.25) is 0 Å². The van der Waals surface area contributed by atoms with Crippen LogP contribution in [0.3, 0.4) is 0 Å². The van der Waals surface area contributed by atoms with Crippen molar-refractivity contribution in [2.24, 2.45) is 5.92 Å². The summed E-state index contributed by atoms with van der Waals surface area (Å²) >= 11 is 0. The average molecular weight is 207 g/mol. The van der Waals surface area contributed by atoms with Crippen LogP contribution in [0.4, 0.5) is 0 Å². The van der Waals surface area contributed by atoms with Crippen LogP contribution < -0.4 is 5.32 Å². The molecule has 0 spiro atoms. The molecule has 0 radical (unpaired) electrons. The second-order valence-electron chi connectivity index (χ2n) is 4.66. The fourth-order valence-electron chi connectivity index (χ4n) is 1.93. The van der Waals surface area contributed by atoms with E-state index in [9.17, 15) is 0 Å². The Bertz CT molecular complexity index is 264. The van der Waals surface area contributed by atoms with Crippen molar-refractivity contribution in [3.63, 3.8) is 0 Å². The van der Waals surface area contributed by atoms with Gasteiger partial charge in [0.05, 0.1) is 0 Å². The topological polar surface area (TPSA) is 29.9 Å². The maximum atomic E-state index is 4.20. The number of hydrogen-bond donors (Lipinski definition) is 1. The van der Waals surface area contributed by atoms with Crippen molar-refractivity contribution < 1.29 is 0 Å². The molecule has 3 heteroatoms. The number of aryl methyl sites for hydroxylation is 1. The van der Waals surface area contributed by atoms with Gasteiger partial charge in [0.25, 0.3) is 0 Å². The van der Waals surface area contributed by atoms with Crippen LogP contribution in [-0.2, 0) is 6.54 Å². The summed E-state index contributed by atoms with van der Waals surface area (Å²) in [7, 11) is 0. The van der Waals surface area contributed by atoms with Crippen LogP contribution in [0, 0.1) is 5.92 Å². The fraction of sp³-hybridized carbons (Fsp3) is 0.750. The fourth-order valence-corrected chi connectivity index (χ4v) is 1.93. The molecule has 1 aromatic heterocycles. The van der Waals surface area contributed by atoms with Crippen LogP contribution in [0.5, 0.6) is 0 Å². The molecule has 1 aromatic rings. The predicted octanol–water partition coefficient (Wildman–Crippen LogP) is 2.05. The molecule has 1 fully saturated rings. The van der Waals surface area contributed by atoms with Gasteiger partial charge in [-0.3, -0.25) is 4.68 Å². The Labute approximate surface area is 91.9 Å². The lowest BCUT2D eigenvalue weighted by Gasteiger charge is -2.27. The summed E-state index contributed by atoms with van der Waals surface area (Å²) in [5.41, 5.74) is 0. The Morgan fingerprint density at radius 1 is 1.53 bits per heavy atom. The second-order valence-corrected chi connectivity index (χ2v) is 4.66. The van der Waals surface area contributed by atoms with Crippen molar-refractivity contribution in [3.05, 3.63) is 18.5 Å². The highest BCUT2D eigenvalue weighted by atomic mass is 15.3. The summed E-state index contributed by atoms with van der Waals surface area (Å²) in [6, 6.07) is 2.58. The second kappa shape index (κ2) is 5.31. The summed E-state index contributed by atoms with van der Waals surface area (Å²) in [4.78, 5) is 0. The molecule has 1 saturated carbocycles. The molecule has 0 aliphatic heterocycles. The molecule has 0 bridgehead atoms. The van der Waals surface area contributed by atoms with Gasteiger partial charge in [-0.1, -0.05) is 6.42 Å². The molecule has 1 aliphatic rings. The van der Waals surface area contributed by atoms with Crippen LogP contribution in [0.2, 0.25) is 0 Å². The first kappa shape index (κ1) is 10.7. The molecule has 0 aromatic carbocycles. The highest BCUT2D eigenvalue weighted by molar-refractivity contribution is 4.78. The number of rotatable bonds is 6. The first-order valence-corrected chi connectivity index (χ1v) is 6.05. The monoisotopic (exact) mass is 207 g/mol. The zero-order valence-electron chi connectivity index (χ0n) is 9.52. The van der Waals surface area contributed by atoms with Crippen LogP contribution >= 0.6 is 0 Å². The first-order chi connectivity index (χ1) is 7.34. The minimum atomic E-state index is 0.606. The van der Waals surface area contributed by atoms with E-state index in [1.54, 1.807) is 0 Å². The third-order valence-corrected chi connectivity index (χ3v) is 3.33. The smallest absolute Gasteiger partial charge is 0.0489 e. The van der Waals surface area contributed by atoms with Crippen LogP contribution in [0.1, 0.15) is 32.6 Å². The van der Waals surface area contributed by atoms with E-state index in [0.29, 0.717) is 6.04 Å². The molecule has 15 heavy (non-hydrogen) atoms. The van der Waals surface area contributed by atoms with E-state index in [-0.39, 0.29) is 0 Å². The van der Waals surface area contributed by atoms with Crippen molar-refractivity contribution in [2.45, 2.75) is 45.2 Å². The van der Waals surface area contributed by atoms with Gasteiger partial charge in [0, 0.05) is 25.0 Å². The Kier molecular flexibility index (Phi) is 3.78. The largest absolute Gasteiger partial charge is 0.314 e. The van der Waals surface area contributed by atoms with E-state index in [2.05, 4.69) is 17.3 Å². The van der Waals surface area contributed by atoms with Gasteiger partial charge < -0.3 is 5.32 Å². The molecule has 1 heterocycles. The van der Waals surface area contributed by atoms with Gasteiger partial charge in [-0.2, -0.15) is 5.10 Å². The summed E-state index contributed by atoms with van der Waals surface area (Å²) in [6.07, 6.45) is 9.32. The molecule has 2 rings (SSSR count). The highest BCUT2D eigenvalue weighted by Crippen LogP contribution is 2.25. The molecule has 84 valence electrons. The normalized spacial score (nSPS) is 18.7. The lowest BCUT2D eigenvalue weighted by molar-refractivity contribution is 0.286. The third kappa shape index (κ3) is 3.34. The van der Waals surface area contributed by atoms with Gasteiger partial charge in [-0.25, -0.2) is 0 Å². The number of aromatic nitrogens is 2. The molecule has 3 nitrogen and oxygen atoms in total. The number of nitrogens with one attached hydrogen (secondary N) is 1. The number of hydrogen-bond acceptors (Lipinski definition) is 2. The Morgan fingerprint density at radius 2 is 2.40 bits per heavy atom. The molecule has 0 saturated heterocycles. The van der Waals surface area contributed by atoms with Crippen LogP contribution in [-0.4, -0.2) is 22.4 Å². The Hall–Kier alpha value is -0.830. The standard InChI is InChI=1S/C12H21N3/c1-11(13-10-12-4-2-5-12)6-9-15-8-3-7-14-15/h3,7-8,11-13H,2,4-6,9-10H2,1H3. The molecule has 1 atom stereocenters. The van der Waals surface area contributed by atoms with Gasteiger partial charge in [-0.15, -0.1) is 0 Å². The van der Waals surface area contributed by atoms with Crippen LogP contribution in [0.25, 0.3) is 0 Å². The van der Waals surface area contributed by atoms with Crippen molar-refractivity contribution in [1.29, 1.82) is 0 Å². The molecule has 1 unspecified atom stereocenters. The van der Waals surface area contributed by atoms with E-state index in [1.165, 1.54) is 25.8 Å². The van der Waals surface area contributed by atoms with E-state index >= 15 is 0 Å². The quantitative estimate of drug-likeness (QED) is 0.773. The van der Waals surface area contributed by atoms with E-state index < -0.39 is 0 Å². The Balaban J connectivity index is 1.57. The maximum absolute atomic E-state index is 4.20. The molecule has 0 amide bonds. The predicted molar refractivity (Wildman–Crippen MR) is 61.6 cm³/mol. The summed E-state index contributed by atoms with van der Waals surface area (Å²) in [5.74, 6) is 0.956. The van der Waals surface area contributed by atoms with Gasteiger partial charge in [0.1, 0.15) is 0 Å². The lowest BCUT2D eigenvalue weighted by Crippen LogP contribution is -2.34. The summed E-state index contributed by atoms with van der Waals surface area (Å²) < 4.78 is 2.00. The Morgan fingerprint density at radius 3 is 3.00 bits per heavy atom.